The lowest BCUT2D eigenvalue weighted by molar-refractivity contribution is 0.0906. The highest BCUT2D eigenvalue weighted by Gasteiger charge is 2.29. The highest BCUT2D eigenvalue weighted by Crippen LogP contribution is 2.37. The molecule has 3 heterocycles. The van der Waals surface area contributed by atoms with Crippen molar-refractivity contribution in [2.75, 3.05) is 19.0 Å². The summed E-state index contributed by atoms with van der Waals surface area (Å²) in [5.74, 6) is 1.70. The van der Waals surface area contributed by atoms with E-state index in [0.717, 1.165) is 29.0 Å². The number of carbonyl (C=O) groups is 2. The van der Waals surface area contributed by atoms with Crippen molar-refractivity contribution in [3.63, 3.8) is 0 Å². The fourth-order valence-electron chi connectivity index (χ4n) is 5.04. The lowest BCUT2D eigenvalue weighted by Gasteiger charge is -2.29. The number of ether oxygens (including phenoxy) is 3. The maximum absolute atomic E-state index is 13.2. The predicted octanol–water partition coefficient (Wildman–Crippen LogP) is 6.31. The highest BCUT2D eigenvalue weighted by atomic mass is 32.1. The number of methoxy groups -OCH3 is 1. The van der Waals surface area contributed by atoms with Crippen molar-refractivity contribution < 1.29 is 23.8 Å². The van der Waals surface area contributed by atoms with Gasteiger partial charge in [-0.25, -0.2) is 4.98 Å². The second-order valence-electron chi connectivity index (χ2n) is 10.6. The Balaban J connectivity index is 1.11. The quantitative estimate of drug-likeness (QED) is 0.263. The van der Waals surface area contributed by atoms with Crippen LogP contribution in [0.2, 0.25) is 0 Å². The molecule has 2 aliphatic heterocycles. The molecule has 6 rings (SSSR count). The van der Waals surface area contributed by atoms with Crippen molar-refractivity contribution in [2.45, 2.75) is 38.3 Å². The first-order chi connectivity index (χ1) is 19.8. The number of benzene rings is 3. The van der Waals surface area contributed by atoms with E-state index in [1.165, 1.54) is 11.3 Å². The van der Waals surface area contributed by atoms with Crippen molar-refractivity contribution in [1.82, 2.24) is 4.98 Å². The Morgan fingerprint density at radius 1 is 1.07 bits per heavy atom. The second kappa shape index (κ2) is 10.8. The summed E-state index contributed by atoms with van der Waals surface area (Å²) in [4.78, 5) is 35.5. The van der Waals surface area contributed by atoms with E-state index in [9.17, 15) is 9.59 Å². The van der Waals surface area contributed by atoms with Gasteiger partial charge in [-0.3, -0.25) is 14.6 Å². The van der Waals surface area contributed by atoms with Crippen LogP contribution in [0.15, 0.2) is 77.1 Å². The minimum absolute atomic E-state index is 0.0477. The molecule has 3 aromatic carbocycles. The summed E-state index contributed by atoms with van der Waals surface area (Å²) in [7, 11) is 1.63. The molecule has 1 N–H and O–H groups in total. The zero-order valence-electron chi connectivity index (χ0n) is 23.0. The molecule has 0 spiro atoms. The van der Waals surface area contributed by atoms with Crippen molar-refractivity contribution >= 4 is 34.4 Å². The van der Waals surface area contributed by atoms with Gasteiger partial charge < -0.3 is 19.5 Å². The number of nitrogens with zero attached hydrogens (tertiary/aromatic N) is 2. The molecule has 9 heteroatoms. The number of ketones is 1. The molecule has 0 saturated carbocycles. The van der Waals surface area contributed by atoms with Gasteiger partial charge in [0.05, 0.1) is 24.8 Å². The molecule has 1 atom stereocenters. The minimum atomic E-state index is -0.380. The molecular formula is C32H29N3O5S. The first-order valence-electron chi connectivity index (χ1n) is 13.3. The number of thiazole rings is 1. The molecular weight excluding hydrogens is 538 g/mol. The maximum atomic E-state index is 13.2. The summed E-state index contributed by atoms with van der Waals surface area (Å²) in [6.45, 7) is 4.47. The number of rotatable bonds is 7. The third kappa shape index (κ3) is 5.71. The number of hydrogen-bond acceptors (Lipinski definition) is 8. The number of Topliss-reactive ketones (excluding diaryl/α,β-unsaturated/α-hetero) is 1. The van der Waals surface area contributed by atoms with Gasteiger partial charge in [-0.2, -0.15) is 0 Å². The SMILES string of the molecule is COc1ccc2c(c1)C(CC(=O)c1ccc(NC(=O)c3csc(C4COc5ccccc5O4)n3)cc1)=NC(C)(C)C2. The van der Waals surface area contributed by atoms with Crippen molar-refractivity contribution in [2.24, 2.45) is 4.99 Å². The molecule has 8 nitrogen and oxygen atoms in total. The molecule has 4 aromatic rings. The van der Waals surface area contributed by atoms with Crippen LogP contribution in [-0.4, -0.2) is 41.6 Å². The molecule has 2 aliphatic rings. The summed E-state index contributed by atoms with van der Waals surface area (Å²) in [5, 5.41) is 5.22. The third-order valence-corrected chi connectivity index (χ3v) is 7.96. The Morgan fingerprint density at radius 3 is 2.63 bits per heavy atom. The Labute approximate surface area is 242 Å². The molecule has 1 aromatic heterocycles. The number of anilines is 1. The molecule has 208 valence electrons. The molecule has 1 unspecified atom stereocenters. The van der Waals surface area contributed by atoms with Crippen LogP contribution in [0.25, 0.3) is 0 Å². The van der Waals surface area contributed by atoms with Gasteiger partial charge in [0.25, 0.3) is 5.91 Å². The number of amides is 1. The van der Waals surface area contributed by atoms with E-state index in [-0.39, 0.29) is 29.8 Å². The molecule has 1 amide bonds. The van der Waals surface area contributed by atoms with Gasteiger partial charge in [-0.15, -0.1) is 11.3 Å². The summed E-state index contributed by atoms with van der Waals surface area (Å²) in [6.07, 6.45) is 0.594. The number of fused-ring (bicyclic) bond motifs is 2. The summed E-state index contributed by atoms with van der Waals surface area (Å²) >= 11 is 1.35. The van der Waals surface area contributed by atoms with Crippen molar-refractivity contribution in [1.29, 1.82) is 0 Å². The number of nitrogens with one attached hydrogen (secondary N) is 1. The van der Waals surface area contributed by atoms with Gasteiger partial charge in [0.2, 0.25) is 0 Å². The lowest BCUT2D eigenvalue weighted by atomic mass is 9.85. The predicted molar refractivity (Wildman–Crippen MR) is 158 cm³/mol. The number of aromatic nitrogens is 1. The van der Waals surface area contributed by atoms with Crippen LogP contribution in [0.5, 0.6) is 17.2 Å². The molecule has 41 heavy (non-hydrogen) atoms. The summed E-state index contributed by atoms with van der Waals surface area (Å²) in [6, 6.07) is 20.3. The molecule has 0 fully saturated rings. The highest BCUT2D eigenvalue weighted by molar-refractivity contribution is 7.09. The average molecular weight is 568 g/mol. The van der Waals surface area contributed by atoms with E-state index >= 15 is 0 Å². The maximum Gasteiger partial charge on any atom is 0.275 e. The Kier molecular flexibility index (Phi) is 7.05. The monoisotopic (exact) mass is 567 g/mol. The number of hydrogen-bond donors (Lipinski definition) is 1. The van der Waals surface area contributed by atoms with E-state index in [1.807, 2.05) is 42.5 Å². The molecule has 0 radical (unpaired) electrons. The van der Waals surface area contributed by atoms with E-state index in [0.29, 0.717) is 40.1 Å². The number of para-hydroxylation sites is 2. The van der Waals surface area contributed by atoms with E-state index < -0.39 is 0 Å². The van der Waals surface area contributed by atoms with Gasteiger partial charge in [0, 0.05) is 22.2 Å². The lowest BCUT2D eigenvalue weighted by Crippen LogP contribution is -2.30. The van der Waals surface area contributed by atoms with Gasteiger partial charge in [-0.05, 0) is 74.4 Å². The van der Waals surface area contributed by atoms with E-state index in [1.54, 1.807) is 36.8 Å². The van der Waals surface area contributed by atoms with Crippen LogP contribution in [0.1, 0.15) is 63.4 Å². The molecule has 0 saturated heterocycles. The van der Waals surface area contributed by atoms with Gasteiger partial charge in [-0.1, -0.05) is 18.2 Å². The number of carbonyl (C=O) groups excluding carboxylic acids is 2. The van der Waals surface area contributed by atoms with Crippen LogP contribution in [0.4, 0.5) is 5.69 Å². The van der Waals surface area contributed by atoms with Crippen molar-refractivity contribution in [3.8, 4) is 17.2 Å². The fourth-order valence-corrected chi connectivity index (χ4v) is 5.85. The van der Waals surface area contributed by atoms with Gasteiger partial charge in [0.15, 0.2) is 23.4 Å². The van der Waals surface area contributed by atoms with Gasteiger partial charge >= 0.3 is 0 Å². The van der Waals surface area contributed by atoms with Crippen molar-refractivity contribution in [3.05, 3.63) is 99.5 Å². The Bertz CT molecular complexity index is 1660. The Hall–Kier alpha value is -4.50. The van der Waals surface area contributed by atoms with Crippen LogP contribution in [-0.2, 0) is 6.42 Å². The first kappa shape index (κ1) is 26.7. The largest absolute Gasteiger partial charge is 0.497 e. The third-order valence-electron chi connectivity index (χ3n) is 7.02. The fraction of sp³-hybridized carbons (Fsp3) is 0.250. The van der Waals surface area contributed by atoms with Gasteiger partial charge in [0.1, 0.15) is 23.1 Å². The van der Waals surface area contributed by atoms with Crippen LogP contribution >= 0.6 is 11.3 Å². The van der Waals surface area contributed by atoms with Crippen LogP contribution in [0, 0.1) is 0 Å². The molecule has 0 bridgehead atoms. The molecule has 0 aliphatic carbocycles. The second-order valence-corrected chi connectivity index (χ2v) is 11.5. The summed E-state index contributed by atoms with van der Waals surface area (Å²) < 4.78 is 17.2. The van der Waals surface area contributed by atoms with E-state index in [2.05, 4.69) is 24.1 Å². The first-order valence-corrected chi connectivity index (χ1v) is 14.2. The van der Waals surface area contributed by atoms with Crippen LogP contribution < -0.4 is 19.5 Å². The number of aliphatic imine (C=N–C) groups is 1. The average Bonchev–Trinajstić information content (AvgIpc) is 3.47. The normalized spacial score (nSPS) is 16.8. The van der Waals surface area contributed by atoms with E-state index in [4.69, 9.17) is 19.2 Å². The topological polar surface area (TPSA) is 99.1 Å². The summed E-state index contributed by atoms with van der Waals surface area (Å²) in [5.41, 5.74) is 3.99. The smallest absolute Gasteiger partial charge is 0.275 e. The minimum Gasteiger partial charge on any atom is -0.497 e. The zero-order valence-corrected chi connectivity index (χ0v) is 23.8. The van der Waals surface area contributed by atoms with Crippen LogP contribution in [0.3, 0.4) is 0 Å². The Morgan fingerprint density at radius 2 is 1.85 bits per heavy atom. The standard InChI is InChI=1S/C32H29N3O5S/c1-32(2)16-20-10-13-22(38-3)14-23(20)24(35-32)15-26(36)19-8-11-21(12-9-19)33-30(37)25-18-41-31(34-25)29-17-39-27-6-4-5-7-28(27)40-29/h4-14,18,29H,15-17H2,1-3H3,(H,33,37). The zero-order chi connectivity index (χ0) is 28.6.